The highest BCUT2D eigenvalue weighted by Gasteiger charge is 2.06. The third-order valence-corrected chi connectivity index (χ3v) is 1.66. The molecular weight excluding hydrogens is 214 g/mol. The monoisotopic (exact) mass is 233 g/mol. The van der Waals surface area contributed by atoms with Crippen LogP contribution < -0.4 is 5.32 Å². The van der Waals surface area contributed by atoms with Gasteiger partial charge in [-0.05, 0) is 6.42 Å². The van der Waals surface area contributed by atoms with Crippen molar-refractivity contribution in [1.29, 1.82) is 0 Å². The Labute approximate surface area is 95.2 Å². The summed E-state index contributed by atoms with van der Waals surface area (Å²) in [5.74, 6) is -0.461. The molecule has 0 atom stereocenters. The van der Waals surface area contributed by atoms with Gasteiger partial charge >= 0.3 is 12.1 Å². The van der Waals surface area contributed by atoms with E-state index in [1.807, 2.05) is 6.92 Å². The third-order valence-electron chi connectivity index (χ3n) is 1.66. The minimum absolute atomic E-state index is 0.160. The lowest BCUT2D eigenvalue weighted by molar-refractivity contribution is -0.142. The van der Waals surface area contributed by atoms with Gasteiger partial charge in [-0.3, -0.25) is 4.79 Å². The lowest BCUT2D eigenvalue weighted by Gasteiger charge is -2.06. The van der Waals surface area contributed by atoms with E-state index in [0.717, 1.165) is 12.8 Å². The molecule has 6 nitrogen and oxygen atoms in total. The van der Waals surface area contributed by atoms with Gasteiger partial charge in [-0.1, -0.05) is 13.3 Å². The molecule has 0 fully saturated rings. The van der Waals surface area contributed by atoms with Crippen molar-refractivity contribution in [3.05, 3.63) is 0 Å². The van der Waals surface area contributed by atoms with Crippen LogP contribution in [0.5, 0.6) is 0 Å². The van der Waals surface area contributed by atoms with Crippen LogP contribution in [0.4, 0.5) is 4.79 Å². The number of esters is 1. The number of hydrogen-bond acceptors (Lipinski definition) is 5. The maximum absolute atomic E-state index is 11.0. The number of nitrogens with one attached hydrogen (secondary N) is 1. The number of carbonyl (C=O) groups is 2. The van der Waals surface area contributed by atoms with Gasteiger partial charge in [0.05, 0.1) is 13.2 Å². The number of amides is 1. The summed E-state index contributed by atoms with van der Waals surface area (Å²) in [7, 11) is 1.51. The second-order valence-electron chi connectivity index (χ2n) is 3.06. The molecule has 0 aliphatic carbocycles. The highest BCUT2D eigenvalue weighted by Crippen LogP contribution is 1.88. The standard InChI is InChI=1S/C10H19NO5/c1-3-4-5-15-9(12)8-11-10(13)16-7-6-14-2/h3-8H2,1-2H3,(H,11,13). The Morgan fingerprint density at radius 3 is 2.50 bits per heavy atom. The van der Waals surface area contributed by atoms with Crippen molar-refractivity contribution in [2.75, 3.05) is 33.5 Å². The van der Waals surface area contributed by atoms with E-state index in [4.69, 9.17) is 4.74 Å². The van der Waals surface area contributed by atoms with Crippen molar-refractivity contribution in [3.8, 4) is 0 Å². The first-order chi connectivity index (χ1) is 7.70. The second kappa shape index (κ2) is 10.2. The van der Waals surface area contributed by atoms with Crippen molar-refractivity contribution in [2.24, 2.45) is 0 Å². The maximum Gasteiger partial charge on any atom is 0.407 e. The predicted octanol–water partition coefficient (Wildman–Crippen LogP) is 0.702. The molecule has 0 rings (SSSR count). The summed E-state index contributed by atoms with van der Waals surface area (Å²) >= 11 is 0. The average Bonchev–Trinajstić information content (AvgIpc) is 2.27. The molecule has 0 saturated carbocycles. The molecule has 1 N–H and O–H groups in total. The smallest absolute Gasteiger partial charge is 0.407 e. The van der Waals surface area contributed by atoms with Crippen LogP contribution in [0.3, 0.4) is 0 Å². The fourth-order valence-electron chi connectivity index (χ4n) is 0.794. The minimum Gasteiger partial charge on any atom is -0.464 e. The van der Waals surface area contributed by atoms with Crippen LogP contribution in [0.1, 0.15) is 19.8 Å². The third kappa shape index (κ3) is 9.26. The molecule has 0 unspecified atom stereocenters. The molecule has 0 radical (unpaired) electrons. The molecule has 0 heterocycles. The fraction of sp³-hybridized carbons (Fsp3) is 0.800. The van der Waals surface area contributed by atoms with E-state index in [9.17, 15) is 9.59 Å². The van der Waals surface area contributed by atoms with Gasteiger partial charge in [0.15, 0.2) is 0 Å². The topological polar surface area (TPSA) is 73.9 Å². The van der Waals surface area contributed by atoms with Crippen molar-refractivity contribution in [3.63, 3.8) is 0 Å². The van der Waals surface area contributed by atoms with E-state index in [1.54, 1.807) is 0 Å². The molecule has 0 aromatic heterocycles. The highest BCUT2D eigenvalue weighted by atomic mass is 16.6. The quantitative estimate of drug-likeness (QED) is 0.493. The Kier molecular flexibility index (Phi) is 9.39. The van der Waals surface area contributed by atoms with Crippen LogP contribution in [0.2, 0.25) is 0 Å². The van der Waals surface area contributed by atoms with Crippen LogP contribution in [-0.2, 0) is 19.0 Å². The summed E-state index contributed by atoms with van der Waals surface area (Å²) in [5.41, 5.74) is 0. The molecule has 0 aromatic rings. The van der Waals surface area contributed by atoms with E-state index < -0.39 is 12.1 Å². The zero-order valence-corrected chi connectivity index (χ0v) is 9.78. The lowest BCUT2D eigenvalue weighted by atomic mass is 10.4. The molecule has 16 heavy (non-hydrogen) atoms. The largest absolute Gasteiger partial charge is 0.464 e. The van der Waals surface area contributed by atoms with Crippen molar-refractivity contribution < 1.29 is 23.8 Å². The normalized spacial score (nSPS) is 9.62. The molecule has 0 aliphatic heterocycles. The van der Waals surface area contributed by atoms with Gasteiger partial charge in [0.1, 0.15) is 13.2 Å². The molecule has 0 spiro atoms. The molecule has 6 heteroatoms. The van der Waals surface area contributed by atoms with Gasteiger partial charge in [-0.15, -0.1) is 0 Å². The molecule has 0 bridgehead atoms. The number of unbranched alkanes of at least 4 members (excludes halogenated alkanes) is 1. The second-order valence-corrected chi connectivity index (χ2v) is 3.06. The molecule has 1 amide bonds. The molecular formula is C10H19NO5. The Balaban J connectivity index is 3.40. The molecule has 94 valence electrons. The maximum atomic E-state index is 11.0. The summed E-state index contributed by atoms with van der Waals surface area (Å²) in [4.78, 5) is 22.0. The fourth-order valence-corrected chi connectivity index (χ4v) is 0.794. The zero-order chi connectivity index (χ0) is 12.2. The Hall–Kier alpha value is -1.30. The molecule has 0 aromatic carbocycles. The Morgan fingerprint density at radius 2 is 1.88 bits per heavy atom. The van der Waals surface area contributed by atoms with Gasteiger partial charge in [-0.25, -0.2) is 4.79 Å². The average molecular weight is 233 g/mol. The van der Waals surface area contributed by atoms with Gasteiger partial charge in [0.25, 0.3) is 0 Å². The van der Waals surface area contributed by atoms with E-state index in [0.29, 0.717) is 13.2 Å². The van der Waals surface area contributed by atoms with E-state index >= 15 is 0 Å². The van der Waals surface area contributed by atoms with Gasteiger partial charge in [0.2, 0.25) is 0 Å². The predicted molar refractivity (Wildman–Crippen MR) is 57.1 cm³/mol. The van der Waals surface area contributed by atoms with Crippen molar-refractivity contribution in [1.82, 2.24) is 5.32 Å². The molecule has 0 aliphatic rings. The van der Waals surface area contributed by atoms with Crippen LogP contribution >= 0.6 is 0 Å². The first-order valence-corrected chi connectivity index (χ1v) is 5.25. The van der Waals surface area contributed by atoms with Crippen molar-refractivity contribution >= 4 is 12.1 Å². The van der Waals surface area contributed by atoms with Gasteiger partial charge < -0.3 is 19.5 Å². The first kappa shape index (κ1) is 14.7. The highest BCUT2D eigenvalue weighted by molar-refractivity contribution is 5.77. The minimum atomic E-state index is -0.649. The summed E-state index contributed by atoms with van der Waals surface area (Å²) in [5, 5.41) is 2.28. The Morgan fingerprint density at radius 1 is 1.12 bits per heavy atom. The van der Waals surface area contributed by atoms with Crippen LogP contribution in [0.15, 0.2) is 0 Å². The van der Waals surface area contributed by atoms with E-state index in [-0.39, 0.29) is 13.2 Å². The number of alkyl carbamates (subject to hydrolysis) is 1. The summed E-state index contributed by atoms with van der Waals surface area (Å²) in [6.45, 7) is 2.70. The first-order valence-electron chi connectivity index (χ1n) is 5.25. The van der Waals surface area contributed by atoms with Gasteiger partial charge in [-0.2, -0.15) is 0 Å². The number of ether oxygens (including phenoxy) is 3. The van der Waals surface area contributed by atoms with Crippen LogP contribution in [-0.4, -0.2) is 45.5 Å². The van der Waals surface area contributed by atoms with Gasteiger partial charge in [0, 0.05) is 7.11 Å². The van der Waals surface area contributed by atoms with Crippen LogP contribution in [0, 0.1) is 0 Å². The number of hydrogen-bond donors (Lipinski definition) is 1. The van der Waals surface area contributed by atoms with E-state index in [1.165, 1.54) is 7.11 Å². The lowest BCUT2D eigenvalue weighted by Crippen LogP contribution is -2.31. The van der Waals surface area contributed by atoms with Crippen molar-refractivity contribution in [2.45, 2.75) is 19.8 Å². The molecule has 0 saturated heterocycles. The number of methoxy groups -OCH3 is 1. The summed E-state index contributed by atoms with van der Waals surface area (Å²) in [6, 6.07) is 0. The number of carbonyl (C=O) groups excluding carboxylic acids is 2. The number of rotatable bonds is 8. The van der Waals surface area contributed by atoms with E-state index in [2.05, 4.69) is 14.8 Å². The summed E-state index contributed by atoms with van der Waals surface area (Å²) in [6.07, 6.45) is 1.13. The van der Waals surface area contributed by atoms with Crippen LogP contribution in [0.25, 0.3) is 0 Å². The SMILES string of the molecule is CCCCOC(=O)CNC(=O)OCCOC. The Bertz CT molecular complexity index is 185. The zero-order valence-electron chi connectivity index (χ0n) is 9.78. The summed E-state index contributed by atoms with van der Waals surface area (Å²) < 4.78 is 14.2.